The Labute approximate surface area is 187 Å². The first-order chi connectivity index (χ1) is 14.8. The summed E-state index contributed by atoms with van der Waals surface area (Å²) in [5.74, 6) is -0.0709. The van der Waals surface area contributed by atoms with E-state index in [-0.39, 0.29) is 11.3 Å². The van der Waals surface area contributed by atoms with E-state index in [9.17, 15) is 14.2 Å². The highest BCUT2D eigenvalue weighted by molar-refractivity contribution is 7.67. The molecule has 31 heavy (non-hydrogen) atoms. The Morgan fingerprint density at radius 1 is 0.871 bits per heavy atom. The van der Waals surface area contributed by atoms with Crippen molar-refractivity contribution in [3.8, 4) is 0 Å². The highest BCUT2D eigenvalue weighted by Gasteiger charge is 2.49. The lowest BCUT2D eigenvalue weighted by atomic mass is 9.80. The van der Waals surface area contributed by atoms with Crippen molar-refractivity contribution in [3.05, 3.63) is 69.3 Å². The van der Waals surface area contributed by atoms with E-state index in [4.69, 9.17) is 0 Å². The topological polar surface area (TPSA) is 51.2 Å². The van der Waals surface area contributed by atoms with Crippen LogP contribution < -0.4 is 0 Å². The van der Waals surface area contributed by atoms with Gasteiger partial charge in [0.1, 0.15) is 5.16 Å². The van der Waals surface area contributed by atoms with Crippen LogP contribution in [0, 0.1) is 20.8 Å². The Bertz CT molecular complexity index is 984. The highest BCUT2D eigenvalue weighted by atomic mass is 31.1. The molecule has 1 unspecified atom stereocenters. The van der Waals surface area contributed by atoms with E-state index >= 15 is 0 Å². The average Bonchev–Trinajstić information content (AvgIpc) is 2.77. The van der Waals surface area contributed by atoms with E-state index in [1.54, 1.807) is 0 Å². The first kappa shape index (κ1) is 23.5. The van der Waals surface area contributed by atoms with Crippen LogP contribution in [0.3, 0.4) is 0 Å². The molecule has 3 rings (SSSR count). The van der Waals surface area contributed by atoms with E-state index in [1.807, 2.05) is 65.0 Å². The van der Waals surface area contributed by atoms with Gasteiger partial charge < -0.3 is 0 Å². The molecular formula is C27H34O3P. The molecule has 0 bridgehead atoms. The summed E-state index contributed by atoms with van der Waals surface area (Å²) in [7, 11) is -2.40. The van der Waals surface area contributed by atoms with Gasteiger partial charge in [0.2, 0.25) is 5.52 Å². The maximum Gasteiger partial charge on any atom is 0.243 e. The number of Topliss-reactive ketones (excluding diaryl/α,β-unsaturated/α-hetero) is 1. The van der Waals surface area contributed by atoms with E-state index in [0.29, 0.717) is 24.0 Å². The van der Waals surface area contributed by atoms with Crippen molar-refractivity contribution in [2.24, 2.45) is 0 Å². The number of rotatable bonds is 7. The van der Waals surface area contributed by atoms with Crippen molar-refractivity contribution < 1.29 is 14.2 Å². The van der Waals surface area contributed by atoms with Crippen LogP contribution in [0.15, 0.2) is 30.3 Å². The molecule has 0 spiro atoms. The molecule has 0 saturated heterocycles. The largest absolute Gasteiger partial charge is 0.293 e. The lowest BCUT2D eigenvalue weighted by Crippen LogP contribution is -2.40. The third kappa shape index (κ3) is 4.30. The quantitative estimate of drug-likeness (QED) is 0.337. The molecule has 3 nitrogen and oxygen atoms in total. The van der Waals surface area contributed by atoms with Crippen LogP contribution in [-0.2, 0) is 17.4 Å². The zero-order valence-electron chi connectivity index (χ0n) is 19.5. The minimum Gasteiger partial charge on any atom is -0.293 e. The molecule has 2 aromatic carbocycles. The molecule has 2 aromatic rings. The van der Waals surface area contributed by atoms with Crippen LogP contribution in [0.5, 0.6) is 0 Å². The van der Waals surface area contributed by atoms with Crippen molar-refractivity contribution in [1.29, 1.82) is 0 Å². The summed E-state index contributed by atoms with van der Waals surface area (Å²) in [6.07, 6.45) is 5.22. The summed E-state index contributed by atoms with van der Waals surface area (Å²) >= 11 is 0. The number of aryl methyl sites for hydroxylation is 5. The molecule has 1 aliphatic carbocycles. The zero-order valence-corrected chi connectivity index (χ0v) is 20.4. The van der Waals surface area contributed by atoms with Crippen molar-refractivity contribution in [2.75, 3.05) is 0 Å². The van der Waals surface area contributed by atoms with Crippen LogP contribution in [0.1, 0.15) is 94.5 Å². The summed E-state index contributed by atoms with van der Waals surface area (Å²) in [5.41, 5.74) is 5.63. The Kier molecular flexibility index (Phi) is 7.27. The number of ketones is 1. The van der Waals surface area contributed by atoms with Crippen LogP contribution in [0.4, 0.5) is 0 Å². The van der Waals surface area contributed by atoms with Gasteiger partial charge in [0, 0.05) is 11.1 Å². The summed E-state index contributed by atoms with van der Waals surface area (Å²) in [6.45, 7) is 9.88. The SMILES string of the molecule is CCc1cccc(CC)c1C(=O)C1([P](=O)C(=O)c2c(C)cc(C)cc2C)CCCCC1. The van der Waals surface area contributed by atoms with Crippen molar-refractivity contribution >= 4 is 19.1 Å². The number of benzene rings is 2. The first-order valence-corrected chi connectivity index (χ1v) is 12.8. The second-order valence-electron chi connectivity index (χ2n) is 8.95. The van der Waals surface area contributed by atoms with E-state index in [1.165, 1.54) is 0 Å². The van der Waals surface area contributed by atoms with E-state index < -0.39 is 13.0 Å². The zero-order chi connectivity index (χ0) is 22.8. The molecule has 1 fully saturated rings. The fourth-order valence-electron chi connectivity index (χ4n) is 5.24. The Hall–Kier alpha value is -2.12. The molecule has 4 heteroatoms. The van der Waals surface area contributed by atoms with Gasteiger partial charge in [-0.15, -0.1) is 0 Å². The maximum absolute atomic E-state index is 14.1. The number of hydrogen-bond donors (Lipinski definition) is 0. The molecule has 0 aromatic heterocycles. The maximum atomic E-state index is 14.1. The van der Waals surface area contributed by atoms with Crippen LogP contribution >= 0.6 is 7.80 Å². The highest BCUT2D eigenvalue weighted by Crippen LogP contribution is 2.53. The predicted octanol–water partition coefficient (Wildman–Crippen LogP) is 7.29. The van der Waals surface area contributed by atoms with Gasteiger partial charge in [-0.1, -0.05) is 69.0 Å². The monoisotopic (exact) mass is 437 g/mol. The van der Waals surface area contributed by atoms with Crippen molar-refractivity contribution in [2.45, 2.75) is 84.7 Å². The van der Waals surface area contributed by atoms with Gasteiger partial charge in [0.05, 0.1) is 0 Å². The summed E-state index contributed by atoms with van der Waals surface area (Å²) in [5, 5.41) is -1.09. The van der Waals surface area contributed by atoms with E-state index in [2.05, 4.69) is 0 Å². The average molecular weight is 438 g/mol. The Morgan fingerprint density at radius 2 is 1.39 bits per heavy atom. The first-order valence-electron chi connectivity index (χ1n) is 11.5. The third-order valence-corrected chi connectivity index (χ3v) is 8.81. The minimum absolute atomic E-state index is 0.0709. The molecular weight excluding hydrogens is 403 g/mol. The standard InChI is InChI=1S/C27H34O3P/c1-6-21-12-11-13-22(7-2)24(21)25(28)27(14-9-8-10-15-27)31(30)26(29)23-19(4)16-18(3)17-20(23)5/h11-13,16-17H,6-10,14-15H2,1-5H3. The van der Waals surface area contributed by atoms with Crippen LogP contribution in [0.25, 0.3) is 0 Å². The second-order valence-corrected chi connectivity index (χ2v) is 10.8. The fraction of sp³-hybridized carbons (Fsp3) is 0.481. The lowest BCUT2D eigenvalue weighted by Gasteiger charge is -2.35. The van der Waals surface area contributed by atoms with Crippen LogP contribution in [0.2, 0.25) is 0 Å². The molecule has 1 aliphatic rings. The summed E-state index contributed by atoms with van der Waals surface area (Å²) in [6, 6.07) is 9.89. The predicted molar refractivity (Wildman–Crippen MR) is 128 cm³/mol. The lowest BCUT2D eigenvalue weighted by molar-refractivity contribution is 0.0901. The van der Waals surface area contributed by atoms with Gasteiger partial charge in [0.25, 0.3) is 0 Å². The van der Waals surface area contributed by atoms with Gasteiger partial charge in [0.15, 0.2) is 13.6 Å². The number of carbonyl (C=O) groups excluding carboxylic acids is 2. The summed E-state index contributed by atoms with van der Waals surface area (Å²) in [4.78, 5) is 27.8. The van der Waals surface area contributed by atoms with Gasteiger partial charge in [-0.3, -0.25) is 14.2 Å². The van der Waals surface area contributed by atoms with Gasteiger partial charge in [-0.25, -0.2) is 0 Å². The molecule has 1 radical (unpaired) electrons. The van der Waals surface area contributed by atoms with Crippen LogP contribution in [-0.4, -0.2) is 16.5 Å². The molecule has 0 aliphatic heterocycles. The number of carbonyl (C=O) groups is 2. The van der Waals surface area contributed by atoms with Gasteiger partial charge in [-0.2, -0.15) is 0 Å². The van der Waals surface area contributed by atoms with Crippen molar-refractivity contribution in [3.63, 3.8) is 0 Å². The molecule has 1 saturated carbocycles. The Morgan fingerprint density at radius 3 is 1.87 bits per heavy atom. The minimum atomic E-state index is -2.40. The summed E-state index contributed by atoms with van der Waals surface area (Å²) < 4.78 is 14.0. The molecule has 0 heterocycles. The smallest absolute Gasteiger partial charge is 0.243 e. The Balaban J connectivity index is 2.14. The van der Waals surface area contributed by atoms with Gasteiger partial charge >= 0.3 is 0 Å². The fourth-order valence-corrected chi connectivity index (χ4v) is 7.20. The third-order valence-electron chi connectivity index (χ3n) is 6.79. The molecule has 0 amide bonds. The second kappa shape index (κ2) is 9.57. The molecule has 0 N–H and O–H groups in total. The number of hydrogen-bond acceptors (Lipinski definition) is 3. The van der Waals surface area contributed by atoms with Crippen molar-refractivity contribution in [1.82, 2.24) is 0 Å². The normalized spacial score (nSPS) is 16.1. The van der Waals surface area contributed by atoms with E-state index in [0.717, 1.165) is 59.9 Å². The molecule has 1 atom stereocenters. The van der Waals surface area contributed by atoms with Gasteiger partial charge in [-0.05, 0) is 68.7 Å². The molecule has 165 valence electrons.